The fraction of sp³-hybridized carbons (Fsp3) is 1.00. The van der Waals surface area contributed by atoms with Gasteiger partial charge in [-0.1, -0.05) is 226 Å². The number of unbranched alkanes of at least 4 members (excludes halogenated alkanes) is 32. The molecule has 0 aliphatic rings. The summed E-state index contributed by atoms with van der Waals surface area (Å²) in [5.41, 5.74) is 0. The van der Waals surface area contributed by atoms with Crippen LogP contribution in [0.2, 0.25) is 0 Å². The molecule has 1 unspecified atom stereocenters. The van der Waals surface area contributed by atoms with Crippen molar-refractivity contribution >= 4 is 22.6 Å². The van der Waals surface area contributed by atoms with Crippen molar-refractivity contribution in [3.8, 4) is 0 Å². The standard InChI is InChI=1S/C45H94O3SSi/c1-4-7-10-13-16-19-22-23-24-26-29-32-35-38-43-47-50-48-45(41-39-44-49,40-36-33-30-27-25-20-17-14-11-8-5-2)46-42-37-34-31-28-21-18-15-12-9-6-3/h49H,4-44,50H2,1-3H3. The maximum absolute atomic E-state index is 6.72. The highest BCUT2D eigenvalue weighted by Crippen LogP contribution is 2.29. The number of rotatable bonds is 45. The van der Waals surface area contributed by atoms with Crippen LogP contribution in [0.5, 0.6) is 0 Å². The topological polar surface area (TPSA) is 27.7 Å². The van der Waals surface area contributed by atoms with Gasteiger partial charge < -0.3 is 13.6 Å². The minimum atomic E-state index is -1.05. The maximum atomic E-state index is 6.72. The lowest BCUT2D eigenvalue weighted by Crippen LogP contribution is -2.38. The van der Waals surface area contributed by atoms with Gasteiger partial charge in [0.05, 0.1) is 0 Å². The van der Waals surface area contributed by atoms with E-state index in [0.717, 1.165) is 44.6 Å². The van der Waals surface area contributed by atoms with Crippen LogP contribution in [0.25, 0.3) is 0 Å². The lowest BCUT2D eigenvalue weighted by Gasteiger charge is -2.34. The summed E-state index contributed by atoms with van der Waals surface area (Å²) in [7, 11) is -1.05. The summed E-state index contributed by atoms with van der Waals surface area (Å²) >= 11 is 4.58. The molecule has 5 heteroatoms. The van der Waals surface area contributed by atoms with Crippen LogP contribution in [0.3, 0.4) is 0 Å². The van der Waals surface area contributed by atoms with Crippen LogP contribution >= 0.6 is 12.6 Å². The molecule has 0 heterocycles. The minimum absolute atomic E-state index is 0.441. The molecule has 0 aromatic rings. The molecule has 0 amide bonds. The van der Waals surface area contributed by atoms with Crippen molar-refractivity contribution in [3.05, 3.63) is 0 Å². The maximum Gasteiger partial charge on any atom is 0.307 e. The molecule has 50 heavy (non-hydrogen) atoms. The summed E-state index contributed by atoms with van der Waals surface area (Å²) in [5, 5.41) is 0. The third-order valence-electron chi connectivity index (χ3n) is 10.8. The molecular formula is C45H94O3SSi. The third-order valence-corrected chi connectivity index (χ3v) is 12.2. The molecule has 0 aromatic heterocycles. The van der Waals surface area contributed by atoms with E-state index in [-0.39, 0.29) is 0 Å². The molecular weight excluding hydrogens is 649 g/mol. The van der Waals surface area contributed by atoms with Crippen molar-refractivity contribution in [2.75, 3.05) is 19.0 Å². The van der Waals surface area contributed by atoms with Crippen molar-refractivity contribution in [3.63, 3.8) is 0 Å². The van der Waals surface area contributed by atoms with Crippen molar-refractivity contribution in [2.24, 2.45) is 0 Å². The lowest BCUT2D eigenvalue weighted by atomic mass is 10.0. The van der Waals surface area contributed by atoms with E-state index < -0.39 is 15.8 Å². The molecule has 0 aliphatic heterocycles. The average molecular weight is 743 g/mol. The van der Waals surface area contributed by atoms with Crippen molar-refractivity contribution in [1.29, 1.82) is 0 Å². The second-order valence-corrected chi connectivity index (χ2v) is 17.2. The summed E-state index contributed by atoms with van der Waals surface area (Å²) in [5.74, 6) is 0.454. The minimum Gasteiger partial charge on any atom is -0.399 e. The van der Waals surface area contributed by atoms with Gasteiger partial charge in [0.2, 0.25) is 0 Å². The Kier molecular flexibility index (Phi) is 44.2. The Hall–Kier alpha value is 0.447. The Morgan fingerprint density at radius 2 is 0.660 bits per heavy atom. The molecule has 3 nitrogen and oxygen atoms in total. The first-order chi connectivity index (χ1) is 24.7. The van der Waals surface area contributed by atoms with E-state index in [1.807, 2.05) is 0 Å². The number of hydrogen-bond donors (Lipinski definition) is 1. The van der Waals surface area contributed by atoms with Gasteiger partial charge in [-0.05, 0) is 31.4 Å². The van der Waals surface area contributed by atoms with E-state index in [4.69, 9.17) is 13.6 Å². The predicted octanol–water partition coefficient (Wildman–Crippen LogP) is 15.5. The summed E-state index contributed by atoms with van der Waals surface area (Å²) in [4.78, 5) is 0. The second kappa shape index (κ2) is 43.8. The van der Waals surface area contributed by atoms with Crippen LogP contribution in [-0.4, -0.2) is 34.8 Å². The monoisotopic (exact) mass is 743 g/mol. The van der Waals surface area contributed by atoms with Gasteiger partial charge >= 0.3 is 10.0 Å². The van der Waals surface area contributed by atoms with Gasteiger partial charge in [0, 0.05) is 26.1 Å². The highest BCUT2D eigenvalue weighted by Gasteiger charge is 2.31. The first-order valence-corrected chi connectivity index (χ1v) is 25.0. The molecule has 0 fully saturated rings. The average Bonchev–Trinajstić information content (AvgIpc) is 3.13. The largest absolute Gasteiger partial charge is 0.399 e. The van der Waals surface area contributed by atoms with Gasteiger partial charge in [-0.2, -0.15) is 12.6 Å². The fourth-order valence-electron chi connectivity index (χ4n) is 7.32. The normalized spacial score (nSPS) is 13.2. The van der Waals surface area contributed by atoms with Gasteiger partial charge in [0.15, 0.2) is 5.79 Å². The van der Waals surface area contributed by atoms with Crippen LogP contribution in [0, 0.1) is 0 Å². The van der Waals surface area contributed by atoms with Gasteiger partial charge in [0.25, 0.3) is 0 Å². The Bertz CT molecular complexity index is 581. The Labute approximate surface area is 324 Å². The number of ether oxygens (including phenoxy) is 1. The molecule has 1 atom stereocenters. The summed E-state index contributed by atoms with van der Waals surface area (Å²) < 4.78 is 19.6. The van der Waals surface area contributed by atoms with E-state index in [9.17, 15) is 0 Å². The second-order valence-electron chi connectivity index (χ2n) is 15.8. The van der Waals surface area contributed by atoms with Crippen LogP contribution < -0.4 is 0 Å². The Balaban J connectivity index is 4.36. The molecule has 0 saturated carbocycles. The SMILES string of the molecule is CCCCCCCCCCCCCCCCO[SiH2]OC(CCCS)(CCCCCCCCCCCCC)OCCCCCCCCCCCC. The zero-order valence-electron chi connectivity index (χ0n) is 34.9. The molecule has 0 aromatic carbocycles. The summed E-state index contributed by atoms with van der Waals surface area (Å²) in [6.45, 7) is 8.60. The highest BCUT2D eigenvalue weighted by atomic mass is 32.1. The fourth-order valence-corrected chi connectivity index (χ4v) is 8.47. The molecule has 0 aliphatic carbocycles. The smallest absolute Gasteiger partial charge is 0.307 e. The number of hydrogen-bond acceptors (Lipinski definition) is 4. The molecule has 0 bridgehead atoms. The van der Waals surface area contributed by atoms with Gasteiger partial charge in [-0.15, -0.1) is 0 Å². The van der Waals surface area contributed by atoms with E-state index in [0.29, 0.717) is 0 Å². The number of thiol groups is 1. The molecule has 0 rings (SSSR count). The van der Waals surface area contributed by atoms with Gasteiger partial charge in [-0.3, -0.25) is 0 Å². The van der Waals surface area contributed by atoms with Crippen molar-refractivity contribution in [1.82, 2.24) is 0 Å². The summed E-state index contributed by atoms with van der Waals surface area (Å²) in [6.07, 6.45) is 51.2. The van der Waals surface area contributed by atoms with Crippen LogP contribution in [0.4, 0.5) is 0 Å². The van der Waals surface area contributed by atoms with Gasteiger partial charge in [0.1, 0.15) is 0 Å². The zero-order chi connectivity index (χ0) is 36.3. The molecule has 0 N–H and O–H groups in total. The highest BCUT2D eigenvalue weighted by molar-refractivity contribution is 7.80. The molecule has 302 valence electrons. The Morgan fingerprint density at radius 3 is 1.02 bits per heavy atom. The van der Waals surface area contributed by atoms with Gasteiger partial charge in [-0.25, -0.2) is 0 Å². The Morgan fingerprint density at radius 1 is 0.360 bits per heavy atom. The summed E-state index contributed by atoms with van der Waals surface area (Å²) in [6, 6.07) is 0. The third kappa shape index (κ3) is 38.2. The van der Waals surface area contributed by atoms with E-state index in [1.54, 1.807) is 0 Å². The van der Waals surface area contributed by atoms with E-state index >= 15 is 0 Å². The van der Waals surface area contributed by atoms with Crippen molar-refractivity contribution < 1.29 is 13.6 Å². The zero-order valence-corrected chi connectivity index (χ0v) is 37.2. The van der Waals surface area contributed by atoms with E-state index in [1.165, 1.54) is 218 Å². The molecule has 0 radical (unpaired) electrons. The molecule has 0 saturated heterocycles. The quantitative estimate of drug-likeness (QED) is 0.0291. The van der Waals surface area contributed by atoms with Crippen LogP contribution in [0.15, 0.2) is 0 Å². The first-order valence-electron chi connectivity index (χ1n) is 23.2. The van der Waals surface area contributed by atoms with E-state index in [2.05, 4.69) is 33.4 Å². The van der Waals surface area contributed by atoms with Crippen molar-refractivity contribution in [2.45, 2.75) is 271 Å². The predicted molar refractivity (Wildman–Crippen MR) is 231 cm³/mol. The van der Waals surface area contributed by atoms with Crippen LogP contribution in [0.1, 0.15) is 265 Å². The lowest BCUT2D eigenvalue weighted by molar-refractivity contribution is -0.200. The van der Waals surface area contributed by atoms with Crippen LogP contribution in [-0.2, 0) is 13.6 Å². The first kappa shape index (κ1) is 50.4. The molecule has 0 spiro atoms.